The third kappa shape index (κ3) is 4.42. The Labute approximate surface area is 189 Å². The molecule has 0 fully saturated rings. The Morgan fingerprint density at radius 3 is 2.34 bits per heavy atom. The van der Waals surface area contributed by atoms with Gasteiger partial charge in [0, 0.05) is 23.3 Å². The summed E-state index contributed by atoms with van der Waals surface area (Å²) >= 11 is 0. The summed E-state index contributed by atoms with van der Waals surface area (Å²) in [5.74, 6) is 0.842. The van der Waals surface area contributed by atoms with Crippen LogP contribution in [0.15, 0.2) is 66.9 Å². The summed E-state index contributed by atoms with van der Waals surface area (Å²) < 4.78 is 1.80. The molecular weight excluding hydrogens is 396 g/mol. The molecule has 0 saturated heterocycles. The van der Waals surface area contributed by atoms with Crippen LogP contribution in [0.25, 0.3) is 16.9 Å². The van der Waals surface area contributed by atoms with E-state index >= 15 is 0 Å². The number of nitrogens with zero attached hydrogens (tertiary/aromatic N) is 3. The fourth-order valence-corrected chi connectivity index (χ4v) is 3.71. The van der Waals surface area contributed by atoms with Crippen molar-refractivity contribution in [1.82, 2.24) is 14.6 Å². The van der Waals surface area contributed by atoms with E-state index in [2.05, 4.69) is 74.3 Å². The minimum absolute atomic E-state index is 0.0446. The molecule has 1 amide bonds. The molecule has 0 spiro atoms. The van der Waals surface area contributed by atoms with Crippen LogP contribution in [0, 0.1) is 0 Å². The van der Waals surface area contributed by atoms with Crippen molar-refractivity contribution in [1.29, 1.82) is 0 Å². The topological polar surface area (TPSA) is 59.3 Å². The molecule has 5 heteroatoms. The third-order valence-electron chi connectivity index (χ3n) is 6.00. The van der Waals surface area contributed by atoms with Crippen molar-refractivity contribution in [3.05, 3.63) is 83.6 Å². The van der Waals surface area contributed by atoms with Gasteiger partial charge in [0.05, 0.1) is 11.9 Å². The lowest BCUT2D eigenvalue weighted by Gasteiger charge is -2.19. The van der Waals surface area contributed by atoms with Crippen LogP contribution in [0.5, 0.6) is 0 Å². The van der Waals surface area contributed by atoms with E-state index in [1.807, 2.05) is 36.4 Å². The van der Waals surface area contributed by atoms with E-state index in [0.717, 1.165) is 17.7 Å². The Morgan fingerprint density at radius 1 is 1.03 bits per heavy atom. The summed E-state index contributed by atoms with van der Waals surface area (Å²) in [6, 6.07) is 20.0. The van der Waals surface area contributed by atoms with E-state index < -0.39 is 0 Å². The summed E-state index contributed by atoms with van der Waals surface area (Å²) in [4.78, 5) is 17.4. The molecule has 5 nitrogen and oxygen atoms in total. The number of benzene rings is 2. The summed E-state index contributed by atoms with van der Waals surface area (Å²) in [6.07, 6.45) is 2.82. The number of rotatable bonds is 5. The second-order valence-corrected chi connectivity index (χ2v) is 9.34. The van der Waals surface area contributed by atoms with Crippen molar-refractivity contribution in [3.63, 3.8) is 0 Å². The number of nitrogens with one attached hydrogen (secondary N) is 1. The first-order valence-electron chi connectivity index (χ1n) is 11.1. The van der Waals surface area contributed by atoms with Gasteiger partial charge in [-0.15, -0.1) is 0 Å². The fraction of sp³-hybridized carbons (Fsp3) is 0.296. The average molecular weight is 427 g/mol. The zero-order valence-corrected chi connectivity index (χ0v) is 19.4. The Balaban J connectivity index is 1.64. The van der Waals surface area contributed by atoms with Crippen LogP contribution >= 0.6 is 0 Å². The molecule has 0 radical (unpaired) electrons. The SMILES string of the molecule is CCC(C)c1ccc(-c2cc(NC(=O)c3ccc(C(C)(C)C)cc3)nc3ccnn23)cc1. The first-order valence-corrected chi connectivity index (χ1v) is 11.1. The van der Waals surface area contributed by atoms with Gasteiger partial charge < -0.3 is 5.32 Å². The largest absolute Gasteiger partial charge is 0.306 e. The summed E-state index contributed by atoms with van der Waals surface area (Å²) in [7, 11) is 0. The van der Waals surface area contributed by atoms with Gasteiger partial charge in [0.25, 0.3) is 5.91 Å². The summed E-state index contributed by atoms with van der Waals surface area (Å²) in [6.45, 7) is 10.9. The number of carbonyl (C=O) groups is 1. The highest BCUT2D eigenvalue weighted by molar-refractivity contribution is 6.04. The van der Waals surface area contributed by atoms with Crippen LogP contribution in [-0.2, 0) is 5.41 Å². The van der Waals surface area contributed by atoms with E-state index in [0.29, 0.717) is 22.9 Å². The Bertz CT molecular complexity index is 1230. The van der Waals surface area contributed by atoms with Crippen molar-refractivity contribution < 1.29 is 4.79 Å². The molecule has 1 atom stereocenters. The lowest BCUT2D eigenvalue weighted by molar-refractivity contribution is 0.102. The molecule has 0 aliphatic rings. The lowest BCUT2D eigenvalue weighted by atomic mass is 9.87. The second kappa shape index (κ2) is 8.58. The number of carbonyl (C=O) groups excluding carboxylic acids is 1. The first kappa shape index (κ1) is 21.8. The molecule has 4 rings (SSSR count). The van der Waals surface area contributed by atoms with Crippen LogP contribution in [0.4, 0.5) is 5.82 Å². The average Bonchev–Trinajstić information content (AvgIpc) is 3.26. The molecule has 2 heterocycles. The highest BCUT2D eigenvalue weighted by Gasteiger charge is 2.16. The van der Waals surface area contributed by atoms with Crippen LogP contribution < -0.4 is 5.32 Å². The summed E-state index contributed by atoms with van der Waals surface area (Å²) in [5, 5.41) is 7.38. The molecular formula is C27H30N4O. The van der Waals surface area contributed by atoms with Crippen molar-refractivity contribution in [3.8, 4) is 11.3 Å². The van der Waals surface area contributed by atoms with Crippen molar-refractivity contribution in [2.75, 3.05) is 5.32 Å². The number of hydrogen-bond donors (Lipinski definition) is 1. The maximum absolute atomic E-state index is 12.9. The molecule has 2 aromatic heterocycles. The molecule has 0 saturated carbocycles. The van der Waals surface area contributed by atoms with E-state index in [4.69, 9.17) is 0 Å². The first-order chi connectivity index (χ1) is 15.3. The predicted molar refractivity (Wildman–Crippen MR) is 130 cm³/mol. The third-order valence-corrected chi connectivity index (χ3v) is 6.00. The Hall–Kier alpha value is -3.47. The van der Waals surface area contributed by atoms with Gasteiger partial charge in [0.1, 0.15) is 5.82 Å². The summed E-state index contributed by atoms with van der Waals surface area (Å²) in [5.41, 5.74) is 5.75. The van der Waals surface area contributed by atoms with Gasteiger partial charge in [-0.1, -0.05) is 71.0 Å². The van der Waals surface area contributed by atoms with Gasteiger partial charge in [-0.2, -0.15) is 5.10 Å². The number of anilines is 1. The van der Waals surface area contributed by atoms with E-state index in [1.54, 1.807) is 10.7 Å². The molecule has 0 aliphatic heterocycles. The van der Waals surface area contributed by atoms with Gasteiger partial charge in [0.15, 0.2) is 5.65 Å². The minimum Gasteiger partial charge on any atom is -0.306 e. The monoisotopic (exact) mass is 426 g/mol. The van der Waals surface area contributed by atoms with E-state index in [9.17, 15) is 4.79 Å². The Kier molecular flexibility index (Phi) is 5.83. The zero-order chi connectivity index (χ0) is 22.9. The number of aromatic nitrogens is 3. The Morgan fingerprint density at radius 2 is 1.72 bits per heavy atom. The van der Waals surface area contributed by atoms with Gasteiger partial charge in [-0.25, -0.2) is 9.50 Å². The molecule has 0 bridgehead atoms. The normalized spacial score (nSPS) is 12.7. The molecule has 0 aliphatic carbocycles. The standard InChI is InChI=1S/C27H30N4O/c1-6-18(2)19-7-9-20(10-8-19)23-17-24(29-25-15-16-28-31(23)25)30-26(32)21-11-13-22(14-12-21)27(3,4)5/h7-18H,6H2,1-5H3,(H,29,30,32). The highest BCUT2D eigenvalue weighted by Crippen LogP contribution is 2.27. The molecule has 4 aromatic rings. The second-order valence-electron chi connectivity index (χ2n) is 9.34. The number of fused-ring (bicyclic) bond motifs is 1. The number of hydrogen-bond acceptors (Lipinski definition) is 3. The minimum atomic E-state index is -0.181. The van der Waals surface area contributed by atoms with Crippen LogP contribution in [0.3, 0.4) is 0 Å². The quantitative estimate of drug-likeness (QED) is 0.398. The molecule has 164 valence electrons. The van der Waals surface area contributed by atoms with Crippen LogP contribution in [0.2, 0.25) is 0 Å². The van der Waals surface area contributed by atoms with Gasteiger partial charge in [-0.05, 0) is 41.0 Å². The van der Waals surface area contributed by atoms with Gasteiger partial charge >= 0.3 is 0 Å². The van der Waals surface area contributed by atoms with Gasteiger partial charge in [0.2, 0.25) is 0 Å². The maximum atomic E-state index is 12.9. The lowest BCUT2D eigenvalue weighted by Crippen LogP contribution is -2.15. The van der Waals surface area contributed by atoms with Crippen molar-refractivity contribution in [2.24, 2.45) is 0 Å². The maximum Gasteiger partial charge on any atom is 0.256 e. The fourth-order valence-electron chi connectivity index (χ4n) is 3.71. The predicted octanol–water partition coefficient (Wildman–Crippen LogP) is 6.46. The van der Waals surface area contributed by atoms with E-state index in [-0.39, 0.29) is 11.3 Å². The molecule has 32 heavy (non-hydrogen) atoms. The van der Waals surface area contributed by atoms with Crippen LogP contribution in [0.1, 0.15) is 68.4 Å². The van der Waals surface area contributed by atoms with Crippen molar-refractivity contribution in [2.45, 2.75) is 52.4 Å². The molecule has 1 N–H and O–H groups in total. The van der Waals surface area contributed by atoms with Crippen molar-refractivity contribution >= 4 is 17.4 Å². The number of amides is 1. The van der Waals surface area contributed by atoms with Crippen LogP contribution in [-0.4, -0.2) is 20.5 Å². The zero-order valence-electron chi connectivity index (χ0n) is 19.4. The highest BCUT2D eigenvalue weighted by atomic mass is 16.1. The van der Waals surface area contributed by atoms with E-state index in [1.165, 1.54) is 11.1 Å². The molecule has 1 unspecified atom stereocenters. The van der Waals surface area contributed by atoms with Gasteiger partial charge in [-0.3, -0.25) is 4.79 Å². The molecule has 2 aromatic carbocycles. The smallest absolute Gasteiger partial charge is 0.256 e.